The average Bonchev–Trinajstić information content (AvgIpc) is 3.40. The lowest BCUT2D eigenvalue weighted by molar-refractivity contribution is -0.161. The van der Waals surface area contributed by atoms with Crippen molar-refractivity contribution in [3.05, 3.63) is 12.2 Å². The maximum Gasteiger partial charge on any atom is 0.472 e. The Labute approximate surface area is 322 Å². The van der Waals surface area contributed by atoms with Gasteiger partial charge in [0.2, 0.25) is 0 Å². The zero-order chi connectivity index (χ0) is 40.4. The summed E-state index contributed by atoms with van der Waals surface area (Å²) in [5.41, 5.74) is 0. The fraction of sp³-hybridized carbons (Fsp3) is 0.872. The van der Waals surface area contributed by atoms with E-state index in [1.807, 2.05) is 0 Å². The first-order chi connectivity index (χ1) is 25.7. The number of phosphoric ester groups is 1. The third-order valence-electron chi connectivity index (χ3n) is 9.94. The van der Waals surface area contributed by atoms with Gasteiger partial charge in [-0.1, -0.05) is 97.1 Å². The van der Waals surface area contributed by atoms with Crippen molar-refractivity contribution in [1.29, 1.82) is 0 Å². The van der Waals surface area contributed by atoms with E-state index in [1.54, 1.807) is 12.2 Å². The zero-order valence-electron chi connectivity index (χ0n) is 32.9. The molecule has 9 atom stereocenters. The Bertz CT molecular complexity index is 1100. The molecule has 0 amide bonds. The molecule has 0 saturated heterocycles. The molecule has 0 spiro atoms. The number of esters is 2. The molecule has 0 heterocycles. The second-order valence-corrected chi connectivity index (χ2v) is 16.3. The van der Waals surface area contributed by atoms with Crippen LogP contribution < -0.4 is 0 Å². The molecule has 1 rings (SSSR count). The molecule has 0 aromatic carbocycles. The van der Waals surface area contributed by atoms with Crippen LogP contribution in [-0.4, -0.2) is 105 Å². The topological polar surface area (TPSA) is 227 Å². The number of carbonyl (C=O) groups is 3. The Hall–Kier alpha value is -1.74. The summed E-state index contributed by atoms with van der Waals surface area (Å²) in [6.45, 7) is 4.06. The molecule has 0 aromatic rings. The SMILES string of the molecule is CCCCC[C@H](O)/C=C/[C@@H]1[C@@H](CC(=O)CCCCC(=O)O[C@H](COC(=O)CCCCCCCCC(C)CC)COP(=O)(O)OC[C@@H](O)CO)[C@@H](O)C[C@H]1O. The number of rotatable bonds is 33. The Morgan fingerprint density at radius 1 is 0.796 bits per heavy atom. The molecule has 0 aliphatic heterocycles. The highest BCUT2D eigenvalue weighted by atomic mass is 31.2. The molecule has 6 N–H and O–H groups in total. The Balaban J connectivity index is 2.57. The summed E-state index contributed by atoms with van der Waals surface area (Å²) >= 11 is 0. The van der Waals surface area contributed by atoms with Crippen LogP contribution in [0.25, 0.3) is 0 Å². The third kappa shape index (κ3) is 24.0. The van der Waals surface area contributed by atoms with Crippen molar-refractivity contribution >= 4 is 25.5 Å². The minimum absolute atomic E-state index is 0.0470. The molecule has 0 aromatic heterocycles. The number of unbranched alkanes of at least 4 members (excludes halogenated alkanes) is 8. The average molecular weight is 795 g/mol. The zero-order valence-corrected chi connectivity index (χ0v) is 33.8. The van der Waals surface area contributed by atoms with Gasteiger partial charge in [-0.15, -0.1) is 0 Å². The molecule has 0 bridgehead atoms. The molecular weight excluding hydrogens is 723 g/mol. The maximum atomic E-state index is 12.8. The standard InChI is InChI=1S/C39H71O14P/c1-4-6-11-17-30(41)21-22-34-35(37(45)24-36(34)44)23-31(42)18-14-15-20-39(47)53-33(28-52-54(48,49)51-26-32(43)25-40)27-50-38(46)19-13-10-8-7-9-12-16-29(3)5-2/h21-22,29-30,32-37,40-41,43-45H,4-20,23-28H2,1-3H3,(H,48,49)/b22-21+/t29?,30-,32-,33+,34+,35+,36+,37-/m0/s1. The van der Waals surface area contributed by atoms with Crippen molar-refractivity contribution in [3.63, 3.8) is 0 Å². The molecule has 2 unspecified atom stereocenters. The summed E-state index contributed by atoms with van der Waals surface area (Å²) in [4.78, 5) is 47.9. The summed E-state index contributed by atoms with van der Waals surface area (Å²) in [7, 11) is -4.71. The molecule has 1 aliphatic carbocycles. The van der Waals surface area contributed by atoms with E-state index in [1.165, 1.54) is 19.3 Å². The number of hydrogen-bond acceptors (Lipinski definition) is 13. The van der Waals surface area contributed by atoms with Crippen molar-refractivity contribution in [2.75, 3.05) is 26.4 Å². The van der Waals surface area contributed by atoms with Crippen LogP contribution in [0.2, 0.25) is 0 Å². The van der Waals surface area contributed by atoms with Gasteiger partial charge in [-0.2, -0.15) is 0 Å². The number of aliphatic hydroxyl groups is 5. The smallest absolute Gasteiger partial charge is 0.462 e. The molecule has 1 saturated carbocycles. The summed E-state index contributed by atoms with van der Waals surface area (Å²) in [5.74, 6) is -1.55. The highest BCUT2D eigenvalue weighted by molar-refractivity contribution is 7.47. The van der Waals surface area contributed by atoms with Crippen LogP contribution in [-0.2, 0) is 37.5 Å². The lowest BCUT2D eigenvalue weighted by atomic mass is 9.87. The predicted octanol–water partition coefficient (Wildman–Crippen LogP) is 5.47. The fourth-order valence-corrected chi connectivity index (χ4v) is 7.11. The van der Waals surface area contributed by atoms with Gasteiger partial charge in [0, 0.05) is 43.9 Å². The van der Waals surface area contributed by atoms with Crippen molar-refractivity contribution in [3.8, 4) is 0 Å². The number of Topliss-reactive ketones (excluding diaryl/α,β-unsaturated/α-hetero) is 1. The van der Waals surface area contributed by atoms with Gasteiger partial charge in [0.1, 0.15) is 18.5 Å². The van der Waals surface area contributed by atoms with Gasteiger partial charge < -0.3 is 39.9 Å². The second kappa shape index (κ2) is 29.5. The number of carbonyl (C=O) groups excluding carboxylic acids is 3. The van der Waals surface area contributed by atoms with Crippen LogP contribution in [0, 0.1) is 17.8 Å². The first-order valence-corrected chi connectivity index (χ1v) is 21.7. The van der Waals surface area contributed by atoms with Crippen molar-refractivity contribution in [2.45, 2.75) is 173 Å². The van der Waals surface area contributed by atoms with Crippen LogP contribution >= 0.6 is 7.82 Å². The third-order valence-corrected chi connectivity index (χ3v) is 10.9. The normalized spacial score (nSPS) is 22.1. The predicted molar refractivity (Wildman–Crippen MR) is 203 cm³/mol. The van der Waals surface area contributed by atoms with Gasteiger partial charge in [0.25, 0.3) is 0 Å². The van der Waals surface area contributed by atoms with Crippen LogP contribution in [0.5, 0.6) is 0 Å². The van der Waals surface area contributed by atoms with E-state index in [-0.39, 0.29) is 44.3 Å². The second-order valence-electron chi connectivity index (χ2n) is 14.9. The summed E-state index contributed by atoms with van der Waals surface area (Å²) in [6, 6.07) is 0. The fourth-order valence-electron chi connectivity index (χ4n) is 6.32. The number of ether oxygens (including phenoxy) is 2. The van der Waals surface area contributed by atoms with E-state index in [0.717, 1.165) is 50.9 Å². The van der Waals surface area contributed by atoms with Crippen LogP contribution in [0.4, 0.5) is 0 Å². The number of ketones is 1. The molecule has 0 radical (unpaired) electrons. The summed E-state index contributed by atoms with van der Waals surface area (Å²) in [6.07, 6.45) is 11.3. The molecule has 54 heavy (non-hydrogen) atoms. The lowest BCUT2D eigenvalue weighted by Crippen LogP contribution is -2.30. The van der Waals surface area contributed by atoms with Gasteiger partial charge in [-0.05, 0) is 31.6 Å². The van der Waals surface area contributed by atoms with E-state index < -0.39 is 88.5 Å². The van der Waals surface area contributed by atoms with E-state index in [9.17, 15) is 44.3 Å². The van der Waals surface area contributed by atoms with Crippen molar-refractivity contribution < 1.29 is 67.9 Å². The van der Waals surface area contributed by atoms with E-state index in [4.69, 9.17) is 19.1 Å². The minimum atomic E-state index is -4.71. The number of phosphoric acid groups is 1. The monoisotopic (exact) mass is 794 g/mol. The minimum Gasteiger partial charge on any atom is -0.462 e. The molecule has 1 fully saturated rings. The van der Waals surface area contributed by atoms with Gasteiger partial charge in [-0.25, -0.2) is 4.57 Å². The van der Waals surface area contributed by atoms with Gasteiger partial charge in [0.15, 0.2) is 6.10 Å². The molecular formula is C39H71O14P. The van der Waals surface area contributed by atoms with Crippen molar-refractivity contribution in [1.82, 2.24) is 0 Å². The lowest BCUT2D eigenvalue weighted by Gasteiger charge is -2.21. The van der Waals surface area contributed by atoms with Gasteiger partial charge >= 0.3 is 19.8 Å². The maximum absolute atomic E-state index is 12.8. The first-order valence-electron chi connectivity index (χ1n) is 20.2. The van der Waals surface area contributed by atoms with Crippen molar-refractivity contribution in [2.24, 2.45) is 17.8 Å². The Morgan fingerprint density at radius 3 is 2.09 bits per heavy atom. The quantitative estimate of drug-likeness (QED) is 0.0210. The summed E-state index contributed by atoms with van der Waals surface area (Å²) < 4.78 is 32.5. The molecule has 1 aliphatic rings. The largest absolute Gasteiger partial charge is 0.472 e. The highest BCUT2D eigenvalue weighted by Gasteiger charge is 2.41. The highest BCUT2D eigenvalue weighted by Crippen LogP contribution is 2.43. The number of aliphatic hydroxyl groups excluding tert-OH is 5. The van der Waals surface area contributed by atoms with E-state index in [2.05, 4.69) is 25.3 Å². The van der Waals surface area contributed by atoms with Gasteiger partial charge in [0.05, 0.1) is 38.1 Å². The summed E-state index contributed by atoms with van der Waals surface area (Å²) in [5, 5.41) is 49.6. The van der Waals surface area contributed by atoms with Crippen LogP contribution in [0.1, 0.15) is 143 Å². The first kappa shape index (κ1) is 50.3. The molecule has 316 valence electrons. The van der Waals surface area contributed by atoms with Crippen LogP contribution in [0.15, 0.2) is 12.2 Å². The molecule has 15 heteroatoms. The van der Waals surface area contributed by atoms with Crippen LogP contribution in [0.3, 0.4) is 0 Å². The van der Waals surface area contributed by atoms with E-state index >= 15 is 0 Å². The Morgan fingerprint density at radius 2 is 1.41 bits per heavy atom. The molecule has 14 nitrogen and oxygen atoms in total. The van der Waals surface area contributed by atoms with Gasteiger partial charge in [-0.3, -0.25) is 23.4 Å². The Kier molecular flexibility index (Phi) is 27.5. The van der Waals surface area contributed by atoms with E-state index in [0.29, 0.717) is 19.3 Å². The number of hydrogen-bond donors (Lipinski definition) is 6.